The van der Waals surface area contributed by atoms with Gasteiger partial charge in [-0.2, -0.15) is 5.10 Å². The Balaban J connectivity index is 1.42. The van der Waals surface area contributed by atoms with Crippen LogP contribution in [0.2, 0.25) is 0 Å². The van der Waals surface area contributed by atoms with Gasteiger partial charge in [0.1, 0.15) is 0 Å². The second kappa shape index (κ2) is 7.96. The second-order valence-electron chi connectivity index (χ2n) is 6.56. The summed E-state index contributed by atoms with van der Waals surface area (Å²) in [6, 6.07) is 10.5. The predicted molar refractivity (Wildman–Crippen MR) is 93.3 cm³/mol. The fourth-order valence-corrected chi connectivity index (χ4v) is 3.30. The smallest absolute Gasteiger partial charge is 0.338 e. The Morgan fingerprint density at radius 2 is 1.88 bits per heavy atom. The van der Waals surface area contributed by atoms with Gasteiger partial charge >= 0.3 is 5.97 Å². The minimum atomic E-state index is -1.00. The molecule has 0 radical (unpaired) electrons. The fourth-order valence-electron chi connectivity index (χ4n) is 3.30. The van der Waals surface area contributed by atoms with E-state index in [0.717, 1.165) is 32.4 Å². The summed E-state index contributed by atoms with van der Waals surface area (Å²) in [5, 5.41) is 12.9. The van der Waals surface area contributed by atoms with E-state index in [4.69, 9.17) is 5.11 Å². The van der Waals surface area contributed by atoms with Crippen LogP contribution in [0.25, 0.3) is 0 Å². The van der Waals surface area contributed by atoms with E-state index in [9.17, 15) is 9.59 Å². The van der Waals surface area contributed by atoms with E-state index in [2.05, 4.69) is 29.4 Å². The first-order valence-electron chi connectivity index (χ1n) is 8.69. The molecule has 1 aromatic carbocycles. The summed E-state index contributed by atoms with van der Waals surface area (Å²) in [5.74, 6) is -0.251. The van der Waals surface area contributed by atoms with E-state index in [1.54, 1.807) is 0 Å². The maximum absolute atomic E-state index is 12.3. The van der Waals surface area contributed by atoms with Crippen LogP contribution in [-0.4, -0.2) is 44.8 Å². The number of hydrogen-bond acceptors (Lipinski definition) is 3. The van der Waals surface area contributed by atoms with Crippen molar-refractivity contribution in [2.45, 2.75) is 32.2 Å². The van der Waals surface area contributed by atoms with Crippen molar-refractivity contribution in [3.05, 3.63) is 53.9 Å². The van der Waals surface area contributed by atoms with Crippen LogP contribution in [0.15, 0.2) is 42.7 Å². The largest absolute Gasteiger partial charge is 0.478 e. The number of nitrogens with zero attached hydrogens (tertiary/aromatic N) is 3. The van der Waals surface area contributed by atoms with Crippen molar-refractivity contribution >= 4 is 11.9 Å². The van der Waals surface area contributed by atoms with Crippen LogP contribution in [0.4, 0.5) is 0 Å². The minimum absolute atomic E-state index is 0.116. The highest BCUT2D eigenvalue weighted by Gasteiger charge is 2.22. The summed E-state index contributed by atoms with van der Waals surface area (Å²) in [4.78, 5) is 25.1. The molecule has 1 saturated heterocycles. The number of aryl methyl sites for hydroxylation is 1. The third kappa shape index (κ3) is 4.68. The minimum Gasteiger partial charge on any atom is -0.478 e. The number of hydrogen-bond donors (Lipinski definition) is 1. The highest BCUT2D eigenvalue weighted by molar-refractivity contribution is 5.86. The molecule has 1 N–H and O–H groups in total. The number of piperidine rings is 1. The number of rotatable bonds is 6. The molecule has 0 atom stereocenters. The Kier molecular flexibility index (Phi) is 5.48. The molecule has 1 aliphatic heterocycles. The maximum atomic E-state index is 12.3. The molecular formula is C19H23N3O3. The van der Waals surface area contributed by atoms with Gasteiger partial charge in [0.25, 0.3) is 0 Å². The molecule has 2 heterocycles. The molecule has 0 unspecified atom stereocenters. The Morgan fingerprint density at radius 3 is 2.52 bits per heavy atom. The molecule has 3 rings (SSSR count). The summed E-state index contributed by atoms with van der Waals surface area (Å²) >= 11 is 0. The van der Waals surface area contributed by atoms with E-state index in [1.807, 2.05) is 11.0 Å². The lowest BCUT2D eigenvalue weighted by Crippen LogP contribution is -2.39. The summed E-state index contributed by atoms with van der Waals surface area (Å²) in [7, 11) is 0. The molecule has 6 heteroatoms. The SMILES string of the molecule is O=C(O)c1cnn(CCC(=O)N2CCC(Cc3ccccc3)CC2)c1. The van der Waals surface area contributed by atoms with E-state index in [0.29, 0.717) is 18.9 Å². The van der Waals surface area contributed by atoms with Crippen molar-refractivity contribution in [1.82, 2.24) is 14.7 Å². The highest BCUT2D eigenvalue weighted by Crippen LogP contribution is 2.22. The number of carboxylic acids is 1. The van der Waals surface area contributed by atoms with Crippen molar-refractivity contribution < 1.29 is 14.7 Å². The zero-order valence-corrected chi connectivity index (χ0v) is 14.2. The number of amides is 1. The Labute approximate surface area is 147 Å². The van der Waals surface area contributed by atoms with Gasteiger partial charge in [0.05, 0.1) is 11.8 Å². The summed E-state index contributed by atoms with van der Waals surface area (Å²) in [6.45, 7) is 2.02. The van der Waals surface area contributed by atoms with E-state index in [1.165, 1.54) is 22.6 Å². The van der Waals surface area contributed by atoms with Gasteiger partial charge in [0.15, 0.2) is 0 Å². The predicted octanol–water partition coefficient (Wildman–Crippen LogP) is 2.45. The average molecular weight is 341 g/mol. The molecule has 1 amide bonds. The number of carboxylic acid groups (broad SMARTS) is 1. The van der Waals surface area contributed by atoms with Crippen molar-refractivity contribution in [2.24, 2.45) is 5.92 Å². The summed E-state index contributed by atoms with van der Waals surface area (Å²) < 4.78 is 1.52. The van der Waals surface area contributed by atoms with Crippen molar-refractivity contribution in [3.63, 3.8) is 0 Å². The van der Waals surface area contributed by atoms with Gasteiger partial charge in [0, 0.05) is 32.3 Å². The number of carbonyl (C=O) groups is 2. The van der Waals surface area contributed by atoms with Gasteiger partial charge in [-0.05, 0) is 30.7 Å². The average Bonchev–Trinajstić information content (AvgIpc) is 3.11. The van der Waals surface area contributed by atoms with Crippen LogP contribution in [0.5, 0.6) is 0 Å². The first kappa shape index (κ1) is 17.2. The molecule has 0 bridgehead atoms. The number of benzene rings is 1. The zero-order chi connectivity index (χ0) is 17.6. The van der Waals surface area contributed by atoms with Crippen LogP contribution < -0.4 is 0 Å². The van der Waals surface area contributed by atoms with E-state index in [-0.39, 0.29) is 11.5 Å². The Hall–Kier alpha value is -2.63. The Morgan fingerprint density at radius 1 is 1.16 bits per heavy atom. The van der Waals surface area contributed by atoms with E-state index < -0.39 is 5.97 Å². The number of aromatic carboxylic acids is 1. The first-order chi connectivity index (χ1) is 12.1. The molecule has 25 heavy (non-hydrogen) atoms. The van der Waals surface area contributed by atoms with Gasteiger partial charge in [0.2, 0.25) is 5.91 Å². The molecule has 0 saturated carbocycles. The lowest BCUT2D eigenvalue weighted by molar-refractivity contribution is -0.132. The van der Waals surface area contributed by atoms with Gasteiger partial charge in [-0.25, -0.2) is 4.79 Å². The molecule has 1 fully saturated rings. The molecule has 0 aliphatic carbocycles. The van der Waals surface area contributed by atoms with Crippen molar-refractivity contribution in [2.75, 3.05) is 13.1 Å². The van der Waals surface area contributed by atoms with Gasteiger partial charge in [-0.15, -0.1) is 0 Å². The molecule has 1 aromatic heterocycles. The van der Waals surface area contributed by atoms with Crippen LogP contribution in [0, 0.1) is 5.92 Å². The van der Waals surface area contributed by atoms with Gasteiger partial charge in [-0.1, -0.05) is 30.3 Å². The molecule has 6 nitrogen and oxygen atoms in total. The lowest BCUT2D eigenvalue weighted by Gasteiger charge is -2.32. The van der Waals surface area contributed by atoms with Crippen molar-refractivity contribution in [1.29, 1.82) is 0 Å². The lowest BCUT2D eigenvalue weighted by atomic mass is 9.90. The standard InChI is InChI=1S/C19H23N3O3/c23-18(8-11-22-14-17(13-20-22)19(24)25)21-9-6-16(7-10-21)12-15-4-2-1-3-5-15/h1-5,13-14,16H,6-12H2,(H,24,25). The molecular weight excluding hydrogens is 318 g/mol. The maximum Gasteiger partial charge on any atom is 0.338 e. The van der Waals surface area contributed by atoms with Gasteiger partial charge in [-0.3, -0.25) is 9.48 Å². The Bertz CT molecular complexity index is 719. The number of likely N-dealkylation sites (tertiary alicyclic amines) is 1. The van der Waals surface area contributed by atoms with Crippen LogP contribution >= 0.6 is 0 Å². The quantitative estimate of drug-likeness (QED) is 0.876. The molecule has 132 valence electrons. The highest BCUT2D eigenvalue weighted by atomic mass is 16.4. The van der Waals surface area contributed by atoms with Crippen molar-refractivity contribution in [3.8, 4) is 0 Å². The monoisotopic (exact) mass is 341 g/mol. The van der Waals surface area contributed by atoms with Crippen LogP contribution in [0.3, 0.4) is 0 Å². The van der Waals surface area contributed by atoms with Crippen LogP contribution in [-0.2, 0) is 17.8 Å². The third-order valence-corrected chi connectivity index (χ3v) is 4.77. The first-order valence-corrected chi connectivity index (χ1v) is 8.69. The molecule has 1 aliphatic rings. The third-order valence-electron chi connectivity index (χ3n) is 4.77. The summed E-state index contributed by atoms with van der Waals surface area (Å²) in [6.07, 6.45) is 6.26. The number of carbonyl (C=O) groups excluding carboxylic acids is 1. The topological polar surface area (TPSA) is 75.4 Å². The van der Waals surface area contributed by atoms with Gasteiger partial charge < -0.3 is 10.0 Å². The van der Waals surface area contributed by atoms with Crippen LogP contribution in [0.1, 0.15) is 35.2 Å². The molecule has 0 spiro atoms. The molecule has 2 aromatic rings. The summed E-state index contributed by atoms with van der Waals surface area (Å²) in [5.41, 5.74) is 1.51. The zero-order valence-electron chi connectivity index (χ0n) is 14.2. The normalized spacial score (nSPS) is 15.3. The van der Waals surface area contributed by atoms with E-state index >= 15 is 0 Å². The number of aromatic nitrogens is 2. The fraction of sp³-hybridized carbons (Fsp3) is 0.421. The second-order valence-corrected chi connectivity index (χ2v) is 6.56.